The van der Waals surface area contributed by atoms with E-state index >= 15 is 0 Å². The molecule has 0 saturated heterocycles. The van der Waals surface area contributed by atoms with E-state index in [4.69, 9.17) is 13.9 Å². The van der Waals surface area contributed by atoms with E-state index in [-0.39, 0.29) is 0 Å². The van der Waals surface area contributed by atoms with Gasteiger partial charge in [-0.15, -0.1) is 0 Å². The molecule has 1 unspecified atom stereocenters. The van der Waals surface area contributed by atoms with Crippen LogP contribution in [-0.4, -0.2) is 29.8 Å². The maximum atomic E-state index is 12.2. The maximum Gasteiger partial charge on any atom is 0.310 e. The van der Waals surface area contributed by atoms with Crippen LogP contribution in [0.4, 0.5) is 0 Å². The number of para-hydroxylation sites is 1. The zero-order valence-corrected chi connectivity index (χ0v) is 20.9. The molecular formula is C30H31NO5. The lowest BCUT2D eigenvalue weighted by Gasteiger charge is -2.26. The fraction of sp³-hybridized carbons (Fsp3) is 0.267. The lowest BCUT2D eigenvalue weighted by atomic mass is 9.78. The molecule has 1 atom stereocenters. The number of methoxy groups -OCH3 is 1. The molecule has 0 aliphatic heterocycles. The number of rotatable bonds is 11. The second-order valence-corrected chi connectivity index (χ2v) is 9.16. The SMILES string of the molecule is COc1ccccc1CC(C)(Cc1ccc(OCCc2nc(-c3ccccc3)oc2C)cc1)C(=O)O. The monoisotopic (exact) mass is 485 g/mol. The summed E-state index contributed by atoms with van der Waals surface area (Å²) < 4.78 is 17.2. The number of aryl methyl sites for hydroxylation is 1. The minimum Gasteiger partial charge on any atom is -0.496 e. The third kappa shape index (κ3) is 5.95. The van der Waals surface area contributed by atoms with Gasteiger partial charge in [0.05, 0.1) is 24.8 Å². The number of oxazole rings is 1. The first-order valence-corrected chi connectivity index (χ1v) is 12.0. The minimum absolute atomic E-state index is 0.368. The van der Waals surface area contributed by atoms with Gasteiger partial charge in [0, 0.05) is 12.0 Å². The van der Waals surface area contributed by atoms with E-state index in [1.807, 2.05) is 85.8 Å². The molecule has 6 nitrogen and oxygen atoms in total. The minimum atomic E-state index is -0.974. The summed E-state index contributed by atoms with van der Waals surface area (Å²) >= 11 is 0. The lowest BCUT2D eigenvalue weighted by molar-refractivity contribution is -0.147. The van der Waals surface area contributed by atoms with Crippen molar-refractivity contribution in [3.8, 4) is 23.0 Å². The number of ether oxygens (including phenoxy) is 2. The molecule has 1 heterocycles. The number of carboxylic acids is 1. The van der Waals surface area contributed by atoms with Crippen LogP contribution < -0.4 is 9.47 Å². The average Bonchev–Trinajstić information content (AvgIpc) is 3.26. The molecule has 0 radical (unpaired) electrons. The van der Waals surface area contributed by atoms with Gasteiger partial charge in [0.1, 0.15) is 17.3 Å². The Morgan fingerprint density at radius 3 is 2.36 bits per heavy atom. The van der Waals surface area contributed by atoms with Gasteiger partial charge >= 0.3 is 5.97 Å². The van der Waals surface area contributed by atoms with Crippen LogP contribution in [0.25, 0.3) is 11.5 Å². The normalized spacial score (nSPS) is 12.6. The number of benzene rings is 3. The molecule has 0 saturated carbocycles. The highest BCUT2D eigenvalue weighted by atomic mass is 16.5. The summed E-state index contributed by atoms with van der Waals surface area (Å²) in [4.78, 5) is 16.8. The highest BCUT2D eigenvalue weighted by Crippen LogP contribution is 2.32. The smallest absolute Gasteiger partial charge is 0.310 e. The first-order valence-electron chi connectivity index (χ1n) is 12.0. The van der Waals surface area contributed by atoms with Crippen LogP contribution in [0.1, 0.15) is 29.5 Å². The van der Waals surface area contributed by atoms with E-state index in [1.165, 1.54) is 0 Å². The van der Waals surface area contributed by atoms with Crippen LogP contribution in [0.5, 0.6) is 11.5 Å². The summed E-state index contributed by atoms with van der Waals surface area (Å²) in [6, 6.07) is 25.0. The Morgan fingerprint density at radius 2 is 1.67 bits per heavy atom. The Hall–Kier alpha value is -4.06. The molecule has 36 heavy (non-hydrogen) atoms. The van der Waals surface area contributed by atoms with Crippen molar-refractivity contribution in [3.63, 3.8) is 0 Å². The highest BCUT2D eigenvalue weighted by Gasteiger charge is 2.34. The largest absolute Gasteiger partial charge is 0.496 e. The Bertz CT molecular complexity index is 1300. The third-order valence-electron chi connectivity index (χ3n) is 6.33. The zero-order valence-electron chi connectivity index (χ0n) is 20.9. The van der Waals surface area contributed by atoms with Crippen LogP contribution in [0.2, 0.25) is 0 Å². The second kappa shape index (κ2) is 11.1. The van der Waals surface area contributed by atoms with Crippen LogP contribution >= 0.6 is 0 Å². The van der Waals surface area contributed by atoms with Gasteiger partial charge in [-0.3, -0.25) is 4.79 Å². The molecule has 0 aliphatic rings. The predicted octanol–water partition coefficient (Wildman–Crippen LogP) is 6.16. The Kier molecular flexibility index (Phi) is 7.74. The maximum absolute atomic E-state index is 12.2. The molecule has 1 N–H and O–H groups in total. The molecule has 0 spiro atoms. The van der Waals surface area contributed by atoms with Gasteiger partial charge < -0.3 is 19.0 Å². The van der Waals surface area contributed by atoms with Crippen molar-refractivity contribution in [2.75, 3.05) is 13.7 Å². The van der Waals surface area contributed by atoms with Crippen LogP contribution in [0, 0.1) is 12.3 Å². The Morgan fingerprint density at radius 1 is 0.972 bits per heavy atom. The Balaban J connectivity index is 1.36. The number of nitrogens with zero attached hydrogens (tertiary/aromatic N) is 1. The van der Waals surface area contributed by atoms with Gasteiger partial charge in [-0.2, -0.15) is 0 Å². The molecule has 0 bridgehead atoms. The molecule has 3 aromatic carbocycles. The lowest BCUT2D eigenvalue weighted by Crippen LogP contribution is -2.32. The quantitative estimate of drug-likeness (QED) is 0.274. The summed E-state index contributed by atoms with van der Waals surface area (Å²) in [6.07, 6.45) is 1.38. The first kappa shape index (κ1) is 25.0. The Labute approximate surface area is 211 Å². The van der Waals surface area contributed by atoms with Gasteiger partial charge in [0.25, 0.3) is 0 Å². The van der Waals surface area contributed by atoms with Crippen molar-refractivity contribution in [2.24, 2.45) is 5.41 Å². The molecule has 0 aliphatic carbocycles. The van der Waals surface area contributed by atoms with Gasteiger partial charge in [-0.05, 0) is 68.1 Å². The van der Waals surface area contributed by atoms with E-state index in [0.29, 0.717) is 37.5 Å². The number of carboxylic acid groups (broad SMARTS) is 1. The number of hydrogen-bond donors (Lipinski definition) is 1. The number of aromatic nitrogens is 1. The fourth-order valence-electron chi connectivity index (χ4n) is 4.27. The topological polar surface area (TPSA) is 81.8 Å². The highest BCUT2D eigenvalue weighted by molar-refractivity contribution is 5.75. The van der Waals surface area contributed by atoms with Crippen molar-refractivity contribution in [1.29, 1.82) is 0 Å². The number of aliphatic carboxylic acids is 1. The molecule has 0 fully saturated rings. The van der Waals surface area contributed by atoms with Gasteiger partial charge in [-0.1, -0.05) is 48.5 Å². The predicted molar refractivity (Wildman–Crippen MR) is 138 cm³/mol. The zero-order chi connectivity index (χ0) is 25.5. The van der Waals surface area contributed by atoms with E-state index in [9.17, 15) is 9.90 Å². The summed E-state index contributed by atoms with van der Waals surface area (Å²) in [7, 11) is 1.60. The van der Waals surface area contributed by atoms with Crippen molar-refractivity contribution in [1.82, 2.24) is 4.98 Å². The van der Waals surface area contributed by atoms with Gasteiger partial charge in [0.2, 0.25) is 5.89 Å². The average molecular weight is 486 g/mol. The summed E-state index contributed by atoms with van der Waals surface area (Å²) in [5.74, 6) is 1.99. The summed E-state index contributed by atoms with van der Waals surface area (Å²) in [5, 5.41) is 10.0. The molecular weight excluding hydrogens is 454 g/mol. The standard InChI is InChI=1S/C30H31NO5/c1-21-26(31-28(36-21)23-9-5-4-6-10-23)17-18-35-25-15-13-22(14-16-25)19-30(2,29(32)33)20-24-11-7-8-12-27(24)34-3/h4-16H,17-20H2,1-3H3,(H,32,33). The molecule has 0 amide bonds. The van der Waals surface area contributed by atoms with Gasteiger partial charge in [-0.25, -0.2) is 4.98 Å². The van der Waals surface area contributed by atoms with Crippen LogP contribution in [0.15, 0.2) is 83.3 Å². The summed E-state index contributed by atoms with van der Waals surface area (Å²) in [6.45, 7) is 4.14. The van der Waals surface area contributed by atoms with Crippen LogP contribution in [0.3, 0.4) is 0 Å². The van der Waals surface area contributed by atoms with E-state index in [1.54, 1.807) is 14.0 Å². The first-order chi connectivity index (χ1) is 17.4. The van der Waals surface area contributed by atoms with E-state index < -0.39 is 11.4 Å². The van der Waals surface area contributed by atoms with E-state index in [2.05, 4.69) is 4.98 Å². The molecule has 4 aromatic rings. The molecule has 4 rings (SSSR count). The van der Waals surface area contributed by atoms with Crippen LogP contribution in [-0.2, 0) is 24.1 Å². The fourth-order valence-corrected chi connectivity index (χ4v) is 4.27. The molecule has 1 aromatic heterocycles. The molecule has 186 valence electrons. The summed E-state index contributed by atoms with van der Waals surface area (Å²) in [5.41, 5.74) is 2.66. The van der Waals surface area contributed by atoms with Crippen molar-refractivity contribution < 1.29 is 23.8 Å². The third-order valence-corrected chi connectivity index (χ3v) is 6.33. The van der Waals surface area contributed by atoms with E-state index in [0.717, 1.165) is 33.9 Å². The number of hydrogen-bond acceptors (Lipinski definition) is 5. The van der Waals surface area contributed by atoms with Crippen molar-refractivity contribution in [2.45, 2.75) is 33.1 Å². The van der Waals surface area contributed by atoms with Gasteiger partial charge in [0.15, 0.2) is 0 Å². The molecule has 6 heteroatoms. The van der Waals surface area contributed by atoms with Crippen molar-refractivity contribution >= 4 is 5.97 Å². The second-order valence-electron chi connectivity index (χ2n) is 9.16. The number of carbonyl (C=O) groups is 1. The van der Waals surface area contributed by atoms with Crippen molar-refractivity contribution in [3.05, 3.63) is 101 Å².